The minimum atomic E-state index is -2.78. The van der Waals surface area contributed by atoms with Gasteiger partial charge >= 0.3 is 11.1 Å². The van der Waals surface area contributed by atoms with Gasteiger partial charge in [-0.25, -0.2) is 13.8 Å². The lowest BCUT2D eigenvalue weighted by Crippen LogP contribution is -2.52. The maximum atomic E-state index is 14.3. The van der Waals surface area contributed by atoms with E-state index in [0.29, 0.717) is 16.7 Å². The molecule has 2 aromatic heterocycles. The minimum Gasteiger partial charge on any atom is -0.359 e. The number of benzene rings is 1. The highest BCUT2D eigenvalue weighted by Crippen LogP contribution is 2.39. The highest BCUT2D eigenvalue weighted by atomic mass is 35.5. The van der Waals surface area contributed by atoms with Crippen molar-refractivity contribution in [3.8, 4) is 0 Å². The Morgan fingerprint density at radius 1 is 1.18 bits per heavy atom. The van der Waals surface area contributed by atoms with Crippen LogP contribution in [0.25, 0.3) is 11.0 Å². The summed E-state index contributed by atoms with van der Waals surface area (Å²) in [7, 11) is 3.01. The van der Waals surface area contributed by atoms with Crippen molar-refractivity contribution in [3.05, 3.63) is 50.1 Å². The number of fused-ring (bicyclic) bond motifs is 1. The molecule has 1 saturated heterocycles. The number of hydrogen-bond acceptors (Lipinski definition) is 7. The molecule has 13 heteroatoms. The number of alkyl halides is 2. The molecule has 10 nitrogen and oxygen atoms in total. The van der Waals surface area contributed by atoms with Gasteiger partial charge < -0.3 is 24.7 Å². The number of halogens is 3. The van der Waals surface area contributed by atoms with E-state index in [2.05, 4.69) is 20.6 Å². The third-order valence-corrected chi connectivity index (χ3v) is 7.37. The number of nitrogens with zero attached hydrogens (tertiary/aromatic N) is 5. The van der Waals surface area contributed by atoms with E-state index in [1.54, 1.807) is 30.0 Å². The Hall–Kier alpha value is -3.54. The first-order valence-corrected chi connectivity index (χ1v) is 12.6. The van der Waals surface area contributed by atoms with Crippen LogP contribution in [0, 0.1) is 17.8 Å². The van der Waals surface area contributed by atoms with E-state index in [1.165, 1.54) is 43.3 Å². The van der Waals surface area contributed by atoms with Gasteiger partial charge in [-0.05, 0) is 18.2 Å². The van der Waals surface area contributed by atoms with Crippen LogP contribution in [0.4, 0.5) is 26.2 Å². The normalized spacial score (nSPS) is 19.8. The van der Waals surface area contributed by atoms with Crippen molar-refractivity contribution in [3.63, 3.8) is 0 Å². The van der Waals surface area contributed by atoms with Crippen LogP contribution in [0.15, 0.2) is 34.0 Å². The lowest BCUT2D eigenvalue weighted by molar-refractivity contribution is -0.124. The number of nitrogens with one attached hydrogen (secondary N) is 2. The molecule has 0 bridgehead atoms. The molecule has 1 fully saturated rings. The topological polar surface area (TPSA) is 114 Å². The maximum Gasteiger partial charge on any atom is 0.316 e. The van der Waals surface area contributed by atoms with Gasteiger partial charge in [0.1, 0.15) is 5.02 Å². The number of anilines is 3. The molecular formula is C25H30ClF2N7O3. The van der Waals surface area contributed by atoms with E-state index in [4.69, 9.17) is 11.6 Å². The van der Waals surface area contributed by atoms with Crippen LogP contribution in [0.5, 0.6) is 0 Å². The van der Waals surface area contributed by atoms with Crippen LogP contribution in [0.1, 0.15) is 20.8 Å². The van der Waals surface area contributed by atoms with E-state index in [1.807, 2.05) is 0 Å². The molecule has 3 aromatic rings. The summed E-state index contributed by atoms with van der Waals surface area (Å²) < 4.78 is 31.2. The van der Waals surface area contributed by atoms with Crippen molar-refractivity contribution in [2.24, 2.45) is 24.8 Å². The quantitative estimate of drug-likeness (QED) is 0.454. The Labute approximate surface area is 222 Å². The number of aryl methyl sites for hydroxylation is 1. The number of piperidine rings is 1. The fourth-order valence-electron chi connectivity index (χ4n) is 4.73. The summed E-state index contributed by atoms with van der Waals surface area (Å²) in [6.07, 6.45) is 1.40. The molecule has 0 spiro atoms. The highest BCUT2D eigenvalue weighted by Gasteiger charge is 2.47. The third kappa shape index (κ3) is 4.96. The van der Waals surface area contributed by atoms with E-state index >= 15 is 0 Å². The number of amides is 1. The van der Waals surface area contributed by atoms with Gasteiger partial charge in [-0.15, -0.1) is 0 Å². The SMILES string of the molecule is CNC(=O)C(C)Cn1c(=O)c(=O)n(C)c2ccc(Nc3nc(N4C[C@@H](C)C(F)(F)[C@@H](C)C4)ncc3Cl)cc21. The van der Waals surface area contributed by atoms with E-state index in [-0.39, 0.29) is 42.3 Å². The molecule has 3 atom stereocenters. The molecule has 0 aliphatic carbocycles. The van der Waals surface area contributed by atoms with Crippen molar-refractivity contribution in [1.29, 1.82) is 0 Å². The van der Waals surface area contributed by atoms with E-state index < -0.39 is 34.8 Å². The summed E-state index contributed by atoms with van der Waals surface area (Å²) in [6, 6.07) is 5.03. The first-order valence-electron chi connectivity index (χ1n) is 12.2. The molecular weight excluding hydrogens is 520 g/mol. The second-order valence-corrected chi connectivity index (χ2v) is 10.3. The van der Waals surface area contributed by atoms with Crippen molar-refractivity contribution in [2.45, 2.75) is 33.2 Å². The number of carbonyl (C=O) groups excluding carboxylic acids is 1. The Morgan fingerprint density at radius 3 is 2.47 bits per heavy atom. The molecule has 0 saturated carbocycles. The largest absolute Gasteiger partial charge is 0.359 e. The van der Waals surface area contributed by atoms with Gasteiger partial charge in [-0.1, -0.05) is 32.4 Å². The molecule has 2 N–H and O–H groups in total. The monoisotopic (exact) mass is 549 g/mol. The summed E-state index contributed by atoms with van der Waals surface area (Å²) in [5.74, 6) is -4.83. The zero-order valence-electron chi connectivity index (χ0n) is 21.8. The zero-order chi connectivity index (χ0) is 27.9. The Kier molecular flexibility index (Phi) is 7.46. The van der Waals surface area contributed by atoms with Crippen LogP contribution >= 0.6 is 11.6 Å². The second kappa shape index (κ2) is 10.3. The van der Waals surface area contributed by atoms with Crippen molar-refractivity contribution >= 4 is 46.0 Å². The van der Waals surface area contributed by atoms with Gasteiger partial charge in [-0.3, -0.25) is 14.4 Å². The van der Waals surface area contributed by atoms with Crippen molar-refractivity contribution in [2.75, 3.05) is 30.4 Å². The van der Waals surface area contributed by atoms with Crippen LogP contribution in [0.3, 0.4) is 0 Å². The average molecular weight is 550 g/mol. The zero-order valence-corrected chi connectivity index (χ0v) is 22.5. The Morgan fingerprint density at radius 2 is 1.84 bits per heavy atom. The van der Waals surface area contributed by atoms with Crippen LogP contribution < -0.4 is 26.7 Å². The fraction of sp³-hybridized carbons (Fsp3) is 0.480. The summed E-state index contributed by atoms with van der Waals surface area (Å²) in [4.78, 5) is 48.0. The van der Waals surface area contributed by atoms with E-state index in [0.717, 1.165) is 0 Å². The standard InChI is InChI=1S/C25H30ClF2N7O3/c1-13(21(36)29-4)10-35-19-8-16(6-7-18(19)33(5)22(37)23(35)38)31-20-17(26)9-30-24(32-20)34-11-14(2)25(27,28)15(3)12-34/h6-9,13-15H,10-12H2,1-5H3,(H,29,36)(H,30,31,32)/t13?,14-,15+. The first-order chi connectivity index (χ1) is 17.8. The Bertz CT molecular complexity index is 1490. The van der Waals surface area contributed by atoms with Gasteiger partial charge in [-0.2, -0.15) is 4.98 Å². The number of aromatic nitrogens is 4. The predicted octanol–water partition coefficient (Wildman–Crippen LogP) is 3.00. The number of rotatable bonds is 6. The molecule has 1 aliphatic heterocycles. The molecule has 1 aromatic carbocycles. The van der Waals surface area contributed by atoms with Crippen molar-refractivity contribution < 1.29 is 13.6 Å². The molecule has 1 amide bonds. The summed E-state index contributed by atoms with van der Waals surface area (Å²) in [5.41, 5.74) is -0.0164. The molecule has 204 valence electrons. The predicted molar refractivity (Wildman–Crippen MR) is 142 cm³/mol. The van der Waals surface area contributed by atoms with E-state index in [9.17, 15) is 23.2 Å². The second-order valence-electron chi connectivity index (χ2n) is 9.87. The maximum absolute atomic E-state index is 14.3. The molecule has 1 aliphatic rings. The van der Waals surface area contributed by atoms with Crippen LogP contribution in [-0.4, -0.2) is 51.1 Å². The lowest BCUT2D eigenvalue weighted by atomic mass is 9.87. The fourth-order valence-corrected chi connectivity index (χ4v) is 4.86. The molecule has 0 radical (unpaired) electrons. The van der Waals surface area contributed by atoms with Gasteiger partial charge in [0.15, 0.2) is 5.82 Å². The van der Waals surface area contributed by atoms with Crippen molar-refractivity contribution in [1.82, 2.24) is 24.4 Å². The van der Waals surface area contributed by atoms with Gasteiger partial charge in [0, 0.05) is 51.3 Å². The molecule has 1 unspecified atom stereocenters. The third-order valence-electron chi connectivity index (χ3n) is 7.09. The van der Waals surface area contributed by atoms with Gasteiger partial charge in [0.2, 0.25) is 11.9 Å². The van der Waals surface area contributed by atoms with Crippen LogP contribution in [-0.2, 0) is 18.4 Å². The molecule has 4 rings (SSSR count). The van der Waals surface area contributed by atoms with Gasteiger partial charge in [0.05, 0.1) is 23.1 Å². The highest BCUT2D eigenvalue weighted by molar-refractivity contribution is 6.32. The molecule has 3 heterocycles. The first kappa shape index (κ1) is 27.5. The van der Waals surface area contributed by atoms with Gasteiger partial charge in [0.25, 0.3) is 5.92 Å². The summed E-state index contributed by atoms with van der Waals surface area (Å²) in [6.45, 7) is 4.87. The minimum absolute atomic E-state index is 0.00289. The average Bonchev–Trinajstić information content (AvgIpc) is 2.89. The van der Waals surface area contributed by atoms with Crippen LogP contribution in [0.2, 0.25) is 5.02 Å². The summed E-state index contributed by atoms with van der Waals surface area (Å²) in [5, 5.41) is 5.87. The summed E-state index contributed by atoms with van der Waals surface area (Å²) >= 11 is 6.36. The smallest absolute Gasteiger partial charge is 0.316 e. The molecule has 38 heavy (non-hydrogen) atoms. The lowest BCUT2D eigenvalue weighted by Gasteiger charge is -2.41. The number of hydrogen-bond donors (Lipinski definition) is 2. The Balaban J connectivity index is 1.71. The number of carbonyl (C=O) groups is 1.